The fourth-order valence-corrected chi connectivity index (χ4v) is 2.80. The molecular weight excluding hydrogens is 292 g/mol. The minimum atomic E-state index is -3.83. The van der Waals surface area contributed by atoms with E-state index in [1.54, 1.807) is 19.2 Å². The van der Waals surface area contributed by atoms with Crippen molar-refractivity contribution in [2.24, 2.45) is 5.14 Å². The molecule has 0 spiro atoms. The number of hydrogen-bond donors (Lipinski definition) is 2. The molecule has 1 aromatic carbocycles. The van der Waals surface area contributed by atoms with Crippen molar-refractivity contribution in [1.29, 1.82) is 0 Å². The van der Waals surface area contributed by atoms with Gasteiger partial charge in [0.2, 0.25) is 10.0 Å². The molecule has 0 unspecified atom stereocenters. The Labute approximate surface area is 125 Å². The first kappa shape index (κ1) is 17.6. The van der Waals surface area contributed by atoms with Gasteiger partial charge in [-0.3, -0.25) is 4.79 Å². The summed E-state index contributed by atoms with van der Waals surface area (Å²) in [7, 11) is -2.20. The number of rotatable bonds is 8. The number of sulfonamides is 1. The van der Waals surface area contributed by atoms with Crippen LogP contribution in [0.4, 0.5) is 0 Å². The SMILES string of the molecule is CCc1ccc(C(=O)NCCCCOC)cc1S(N)(=O)=O. The van der Waals surface area contributed by atoms with Crippen LogP contribution in [0.3, 0.4) is 0 Å². The number of methoxy groups -OCH3 is 1. The van der Waals surface area contributed by atoms with Crippen LogP contribution in [0.15, 0.2) is 23.1 Å². The van der Waals surface area contributed by atoms with Crippen LogP contribution in [-0.4, -0.2) is 34.6 Å². The van der Waals surface area contributed by atoms with Crippen molar-refractivity contribution >= 4 is 15.9 Å². The first-order valence-corrected chi connectivity index (χ1v) is 8.37. The van der Waals surface area contributed by atoms with Crippen molar-refractivity contribution in [2.75, 3.05) is 20.3 Å². The predicted molar refractivity (Wildman–Crippen MR) is 80.6 cm³/mol. The Morgan fingerprint density at radius 1 is 1.33 bits per heavy atom. The Hall–Kier alpha value is -1.44. The van der Waals surface area contributed by atoms with Crippen LogP contribution < -0.4 is 10.5 Å². The van der Waals surface area contributed by atoms with Crippen LogP contribution >= 0.6 is 0 Å². The molecule has 118 valence electrons. The van der Waals surface area contributed by atoms with Crippen molar-refractivity contribution in [2.45, 2.75) is 31.1 Å². The summed E-state index contributed by atoms with van der Waals surface area (Å²) in [5, 5.41) is 7.93. The van der Waals surface area contributed by atoms with Gasteiger partial charge in [-0.15, -0.1) is 0 Å². The molecule has 0 saturated carbocycles. The second-order valence-electron chi connectivity index (χ2n) is 4.68. The third-order valence-electron chi connectivity index (χ3n) is 3.08. The van der Waals surface area contributed by atoms with Gasteiger partial charge < -0.3 is 10.1 Å². The Morgan fingerprint density at radius 2 is 2.05 bits per heavy atom. The van der Waals surface area contributed by atoms with Gasteiger partial charge in [0.05, 0.1) is 4.90 Å². The highest BCUT2D eigenvalue weighted by molar-refractivity contribution is 7.89. The molecule has 0 aromatic heterocycles. The van der Waals surface area contributed by atoms with Gasteiger partial charge in [-0.2, -0.15) is 0 Å². The smallest absolute Gasteiger partial charge is 0.251 e. The van der Waals surface area contributed by atoms with E-state index in [0.717, 1.165) is 12.8 Å². The highest BCUT2D eigenvalue weighted by Crippen LogP contribution is 2.17. The number of unbranched alkanes of at least 4 members (excludes halogenated alkanes) is 1. The van der Waals surface area contributed by atoms with Crippen molar-refractivity contribution in [3.8, 4) is 0 Å². The molecule has 21 heavy (non-hydrogen) atoms. The van der Waals surface area contributed by atoms with Gasteiger partial charge in [-0.25, -0.2) is 13.6 Å². The Balaban J connectivity index is 2.77. The summed E-state index contributed by atoms with van der Waals surface area (Å²) in [6.45, 7) is 3.00. The van der Waals surface area contributed by atoms with E-state index < -0.39 is 10.0 Å². The van der Waals surface area contributed by atoms with E-state index in [2.05, 4.69) is 5.32 Å². The van der Waals surface area contributed by atoms with Crippen LogP contribution in [-0.2, 0) is 21.2 Å². The molecule has 3 N–H and O–H groups in total. The summed E-state index contributed by atoms with van der Waals surface area (Å²) in [5.41, 5.74) is 0.900. The van der Waals surface area contributed by atoms with Crippen molar-refractivity contribution < 1.29 is 17.9 Å². The normalized spacial score (nSPS) is 11.4. The molecule has 0 heterocycles. The number of amides is 1. The lowest BCUT2D eigenvalue weighted by molar-refractivity contribution is 0.0951. The number of hydrogen-bond acceptors (Lipinski definition) is 4. The molecule has 1 aromatic rings. The van der Waals surface area contributed by atoms with E-state index in [1.165, 1.54) is 6.07 Å². The van der Waals surface area contributed by atoms with E-state index in [9.17, 15) is 13.2 Å². The number of nitrogens with one attached hydrogen (secondary N) is 1. The van der Waals surface area contributed by atoms with Gasteiger partial charge in [0.15, 0.2) is 0 Å². The molecule has 1 rings (SSSR count). The second kappa shape index (κ2) is 8.11. The van der Waals surface area contributed by atoms with Crippen molar-refractivity contribution in [3.05, 3.63) is 29.3 Å². The van der Waals surface area contributed by atoms with E-state index in [0.29, 0.717) is 30.7 Å². The number of ether oxygens (including phenoxy) is 1. The van der Waals surface area contributed by atoms with Gasteiger partial charge >= 0.3 is 0 Å². The lowest BCUT2D eigenvalue weighted by atomic mass is 10.1. The lowest BCUT2D eigenvalue weighted by Crippen LogP contribution is -2.25. The molecule has 0 bridgehead atoms. The Morgan fingerprint density at radius 3 is 2.62 bits per heavy atom. The topological polar surface area (TPSA) is 98.5 Å². The number of benzene rings is 1. The zero-order valence-corrected chi connectivity index (χ0v) is 13.2. The number of aryl methyl sites for hydroxylation is 1. The number of nitrogens with two attached hydrogens (primary N) is 1. The Bertz CT molecular complexity index is 585. The van der Waals surface area contributed by atoms with Crippen molar-refractivity contribution in [3.63, 3.8) is 0 Å². The van der Waals surface area contributed by atoms with Gasteiger partial charge in [0.25, 0.3) is 5.91 Å². The van der Waals surface area contributed by atoms with Gasteiger partial charge in [0, 0.05) is 25.8 Å². The summed E-state index contributed by atoms with van der Waals surface area (Å²) < 4.78 is 28.0. The zero-order valence-electron chi connectivity index (χ0n) is 12.4. The number of primary sulfonamides is 1. The molecule has 6 nitrogen and oxygen atoms in total. The minimum Gasteiger partial charge on any atom is -0.385 e. The maximum absolute atomic E-state index is 12.0. The quantitative estimate of drug-likeness (QED) is 0.701. The molecule has 0 aliphatic rings. The average Bonchev–Trinajstić information content (AvgIpc) is 2.45. The van der Waals surface area contributed by atoms with Crippen LogP contribution in [0.1, 0.15) is 35.7 Å². The molecule has 0 aliphatic carbocycles. The predicted octanol–water partition coefficient (Wildman–Crippen LogP) is 1.05. The summed E-state index contributed by atoms with van der Waals surface area (Å²) in [5.74, 6) is -0.306. The first-order valence-electron chi connectivity index (χ1n) is 6.83. The third-order valence-corrected chi connectivity index (χ3v) is 4.07. The molecule has 7 heteroatoms. The first-order chi connectivity index (χ1) is 9.90. The standard InChI is InChI=1S/C14H22N2O4S/c1-3-11-6-7-12(10-13(11)21(15,18)19)14(17)16-8-4-5-9-20-2/h6-7,10H,3-5,8-9H2,1-2H3,(H,16,17)(H2,15,18,19). The molecule has 0 radical (unpaired) electrons. The van der Waals surface area contributed by atoms with Crippen molar-refractivity contribution in [1.82, 2.24) is 5.32 Å². The Kier molecular flexibility index (Phi) is 6.80. The molecule has 0 atom stereocenters. The molecule has 0 saturated heterocycles. The van der Waals surface area contributed by atoms with Crippen LogP contribution in [0.5, 0.6) is 0 Å². The fraction of sp³-hybridized carbons (Fsp3) is 0.500. The largest absolute Gasteiger partial charge is 0.385 e. The molecular formula is C14H22N2O4S. The van der Waals surface area contributed by atoms with Gasteiger partial charge in [-0.05, 0) is 37.0 Å². The lowest BCUT2D eigenvalue weighted by Gasteiger charge is -2.09. The van der Waals surface area contributed by atoms with E-state index in [1.807, 2.05) is 6.92 Å². The van der Waals surface area contributed by atoms with E-state index in [4.69, 9.17) is 9.88 Å². The maximum atomic E-state index is 12.0. The van der Waals surface area contributed by atoms with Crippen LogP contribution in [0.25, 0.3) is 0 Å². The third kappa shape index (κ3) is 5.45. The molecule has 1 amide bonds. The van der Waals surface area contributed by atoms with Gasteiger partial charge in [0.1, 0.15) is 0 Å². The van der Waals surface area contributed by atoms with Crippen LogP contribution in [0.2, 0.25) is 0 Å². The monoisotopic (exact) mass is 314 g/mol. The zero-order chi connectivity index (χ0) is 15.9. The summed E-state index contributed by atoms with van der Waals surface area (Å²) >= 11 is 0. The number of carbonyl (C=O) groups is 1. The number of carbonyl (C=O) groups excluding carboxylic acids is 1. The second-order valence-corrected chi connectivity index (χ2v) is 6.21. The van der Waals surface area contributed by atoms with E-state index >= 15 is 0 Å². The average molecular weight is 314 g/mol. The van der Waals surface area contributed by atoms with Crippen LogP contribution in [0, 0.1) is 0 Å². The maximum Gasteiger partial charge on any atom is 0.251 e. The van der Waals surface area contributed by atoms with Gasteiger partial charge in [-0.1, -0.05) is 13.0 Å². The summed E-state index contributed by atoms with van der Waals surface area (Å²) in [4.78, 5) is 12.0. The van der Waals surface area contributed by atoms with E-state index in [-0.39, 0.29) is 10.8 Å². The minimum absolute atomic E-state index is 0.0111. The molecule has 0 fully saturated rings. The fourth-order valence-electron chi connectivity index (χ4n) is 1.93. The summed E-state index contributed by atoms with van der Waals surface area (Å²) in [6, 6.07) is 4.57. The highest BCUT2D eigenvalue weighted by atomic mass is 32.2. The molecule has 0 aliphatic heterocycles. The summed E-state index contributed by atoms with van der Waals surface area (Å²) in [6.07, 6.45) is 2.19. The highest BCUT2D eigenvalue weighted by Gasteiger charge is 2.16.